The fourth-order valence-corrected chi connectivity index (χ4v) is 7.00. The molecular formula is C31H40N2OS. The number of unbranched alkanes of at least 4 members (excludes halogenated alkanes) is 1. The molecule has 0 amide bonds. The van der Waals surface area contributed by atoms with Gasteiger partial charge in [0.2, 0.25) is 0 Å². The van der Waals surface area contributed by atoms with E-state index in [1.54, 1.807) is 0 Å². The molecule has 0 radical (unpaired) electrons. The summed E-state index contributed by atoms with van der Waals surface area (Å²) in [6, 6.07) is 34.0. The lowest BCUT2D eigenvalue weighted by Gasteiger charge is -2.44. The van der Waals surface area contributed by atoms with Crippen LogP contribution in [0.25, 0.3) is 0 Å². The van der Waals surface area contributed by atoms with Gasteiger partial charge < -0.3 is 5.11 Å². The molecule has 35 heavy (non-hydrogen) atoms. The zero-order valence-electron chi connectivity index (χ0n) is 21.2. The summed E-state index contributed by atoms with van der Waals surface area (Å²) in [4.78, 5) is 5.06. The number of aliphatic hydroxyl groups is 1. The summed E-state index contributed by atoms with van der Waals surface area (Å²) in [5, 5.41) is 9.34. The van der Waals surface area contributed by atoms with Gasteiger partial charge in [-0.3, -0.25) is 9.80 Å². The highest BCUT2D eigenvalue weighted by Crippen LogP contribution is 2.48. The SMILES string of the molecule is CC1CN(CCCCSC(c2ccccc2)(c2ccccc2)c2ccccc2)C(C)CN1CCO. The normalized spacial score (nSPS) is 19.6. The van der Waals surface area contributed by atoms with Gasteiger partial charge in [0.25, 0.3) is 0 Å². The molecule has 0 spiro atoms. The second-order valence-electron chi connectivity index (χ2n) is 9.75. The van der Waals surface area contributed by atoms with Crippen molar-refractivity contribution < 1.29 is 5.11 Å². The molecule has 3 nitrogen and oxygen atoms in total. The second-order valence-corrected chi connectivity index (χ2v) is 11.1. The zero-order valence-corrected chi connectivity index (χ0v) is 22.0. The topological polar surface area (TPSA) is 26.7 Å². The van der Waals surface area contributed by atoms with Crippen LogP contribution in [0.2, 0.25) is 0 Å². The first kappa shape index (κ1) is 26.0. The van der Waals surface area contributed by atoms with Gasteiger partial charge in [-0.2, -0.15) is 0 Å². The maximum absolute atomic E-state index is 9.34. The molecule has 0 saturated carbocycles. The third-order valence-electron chi connectivity index (χ3n) is 7.33. The summed E-state index contributed by atoms with van der Waals surface area (Å²) < 4.78 is -0.221. The number of nitrogens with zero attached hydrogens (tertiary/aromatic N) is 2. The van der Waals surface area contributed by atoms with E-state index >= 15 is 0 Å². The minimum atomic E-state index is -0.221. The van der Waals surface area contributed by atoms with Crippen molar-refractivity contribution in [2.75, 3.05) is 38.5 Å². The molecule has 1 fully saturated rings. The van der Waals surface area contributed by atoms with E-state index in [9.17, 15) is 5.11 Å². The van der Waals surface area contributed by atoms with Crippen molar-refractivity contribution >= 4 is 11.8 Å². The lowest BCUT2D eigenvalue weighted by atomic mass is 9.84. The van der Waals surface area contributed by atoms with Gasteiger partial charge in [0.15, 0.2) is 0 Å². The van der Waals surface area contributed by atoms with Gasteiger partial charge in [-0.1, -0.05) is 91.0 Å². The molecular weight excluding hydrogens is 448 g/mol. The third kappa shape index (κ3) is 6.18. The Balaban J connectivity index is 1.46. The Morgan fingerprint density at radius 3 is 1.54 bits per heavy atom. The molecule has 0 aliphatic carbocycles. The van der Waals surface area contributed by atoms with Gasteiger partial charge in [-0.25, -0.2) is 0 Å². The molecule has 3 aromatic rings. The molecule has 2 atom stereocenters. The lowest BCUT2D eigenvalue weighted by Crippen LogP contribution is -2.56. The molecule has 1 heterocycles. The van der Waals surface area contributed by atoms with Crippen molar-refractivity contribution in [3.05, 3.63) is 108 Å². The maximum atomic E-state index is 9.34. The zero-order chi connectivity index (χ0) is 24.5. The highest BCUT2D eigenvalue weighted by molar-refractivity contribution is 8.00. The number of hydrogen-bond acceptors (Lipinski definition) is 4. The lowest BCUT2D eigenvalue weighted by molar-refractivity contribution is 0.0321. The Bertz CT molecular complexity index is 902. The molecule has 1 aliphatic heterocycles. The third-order valence-corrected chi connectivity index (χ3v) is 8.96. The Hall–Kier alpha value is -2.11. The first-order chi connectivity index (χ1) is 17.1. The van der Waals surface area contributed by atoms with E-state index in [0.717, 1.165) is 31.9 Å². The average molecular weight is 489 g/mol. The van der Waals surface area contributed by atoms with Gasteiger partial charge in [0.05, 0.1) is 11.4 Å². The number of thioether (sulfide) groups is 1. The Kier molecular flexibility index (Phi) is 9.45. The number of aliphatic hydroxyl groups excluding tert-OH is 1. The molecule has 2 unspecified atom stereocenters. The minimum absolute atomic E-state index is 0.221. The van der Waals surface area contributed by atoms with Crippen molar-refractivity contribution in [3.63, 3.8) is 0 Å². The van der Waals surface area contributed by atoms with Crippen LogP contribution < -0.4 is 0 Å². The average Bonchev–Trinajstić information content (AvgIpc) is 2.90. The monoisotopic (exact) mass is 488 g/mol. The van der Waals surface area contributed by atoms with Crippen LogP contribution in [0.3, 0.4) is 0 Å². The van der Waals surface area contributed by atoms with Crippen molar-refractivity contribution in [3.8, 4) is 0 Å². The van der Waals surface area contributed by atoms with E-state index in [1.165, 1.54) is 29.5 Å². The molecule has 0 bridgehead atoms. The predicted octanol–water partition coefficient (Wildman–Crippen LogP) is 5.88. The quantitative estimate of drug-likeness (QED) is 0.269. The van der Waals surface area contributed by atoms with Crippen LogP contribution in [0.1, 0.15) is 43.4 Å². The van der Waals surface area contributed by atoms with Gasteiger partial charge in [-0.05, 0) is 55.7 Å². The van der Waals surface area contributed by atoms with E-state index in [-0.39, 0.29) is 11.4 Å². The largest absolute Gasteiger partial charge is 0.395 e. The van der Waals surface area contributed by atoms with Gasteiger partial charge in [0.1, 0.15) is 0 Å². The summed E-state index contributed by atoms with van der Waals surface area (Å²) in [5.74, 6) is 1.10. The fraction of sp³-hybridized carbons (Fsp3) is 0.419. The van der Waals surface area contributed by atoms with Crippen LogP contribution in [0.15, 0.2) is 91.0 Å². The summed E-state index contributed by atoms with van der Waals surface area (Å²) in [5.41, 5.74) is 4.01. The Morgan fingerprint density at radius 2 is 1.11 bits per heavy atom. The van der Waals surface area contributed by atoms with E-state index in [1.807, 2.05) is 0 Å². The predicted molar refractivity (Wildman–Crippen MR) is 150 cm³/mol. The first-order valence-corrected chi connectivity index (χ1v) is 14.0. The van der Waals surface area contributed by atoms with Crippen LogP contribution in [0, 0.1) is 0 Å². The van der Waals surface area contributed by atoms with Gasteiger partial charge >= 0.3 is 0 Å². The first-order valence-electron chi connectivity index (χ1n) is 13.0. The van der Waals surface area contributed by atoms with E-state index < -0.39 is 0 Å². The van der Waals surface area contributed by atoms with Crippen LogP contribution >= 0.6 is 11.8 Å². The van der Waals surface area contributed by atoms with Crippen LogP contribution in [-0.2, 0) is 4.75 Å². The molecule has 1 N–H and O–H groups in total. The summed E-state index contributed by atoms with van der Waals surface area (Å²) in [7, 11) is 0. The highest BCUT2D eigenvalue weighted by Gasteiger charge is 2.36. The standard InChI is InChI=1S/C31H40N2OS/c1-26-25-33(21-22-34)27(2)24-32(26)20-12-13-23-35-31(28-14-6-3-7-15-28,29-16-8-4-9-17-29)30-18-10-5-11-19-30/h3-11,14-19,26-27,34H,12-13,20-25H2,1-2H3. The van der Waals surface area contributed by atoms with Gasteiger partial charge in [-0.15, -0.1) is 11.8 Å². The second kappa shape index (κ2) is 12.7. The fourth-order valence-electron chi connectivity index (χ4n) is 5.43. The maximum Gasteiger partial charge on any atom is 0.0906 e. The minimum Gasteiger partial charge on any atom is -0.395 e. The molecule has 3 aromatic carbocycles. The number of benzene rings is 3. The molecule has 4 rings (SSSR count). The van der Waals surface area contributed by atoms with E-state index in [0.29, 0.717) is 12.1 Å². The molecule has 0 aromatic heterocycles. The summed E-state index contributed by atoms with van der Waals surface area (Å²) >= 11 is 2.07. The van der Waals surface area contributed by atoms with Crippen molar-refractivity contribution in [2.45, 2.75) is 43.5 Å². The van der Waals surface area contributed by atoms with E-state index in [4.69, 9.17) is 0 Å². The van der Waals surface area contributed by atoms with Crippen molar-refractivity contribution in [2.24, 2.45) is 0 Å². The van der Waals surface area contributed by atoms with Crippen LogP contribution in [-0.4, -0.2) is 65.5 Å². The number of hydrogen-bond donors (Lipinski definition) is 1. The molecule has 1 aliphatic rings. The van der Waals surface area contributed by atoms with E-state index in [2.05, 4.69) is 126 Å². The molecule has 4 heteroatoms. The smallest absolute Gasteiger partial charge is 0.0906 e. The number of rotatable bonds is 11. The van der Waals surface area contributed by atoms with Crippen LogP contribution in [0.5, 0.6) is 0 Å². The Morgan fingerprint density at radius 1 is 0.686 bits per heavy atom. The molecule has 186 valence electrons. The van der Waals surface area contributed by atoms with Gasteiger partial charge in [0, 0.05) is 31.7 Å². The number of piperazine rings is 1. The summed E-state index contributed by atoms with van der Waals surface area (Å²) in [6.45, 7) is 8.95. The Labute approximate surface area is 216 Å². The summed E-state index contributed by atoms with van der Waals surface area (Å²) in [6.07, 6.45) is 2.40. The molecule has 1 saturated heterocycles. The van der Waals surface area contributed by atoms with Crippen molar-refractivity contribution in [1.82, 2.24) is 9.80 Å². The number of β-amino-alcohol motifs (C(OH)–C–C–N with tert-alkyl or cyclic N) is 1. The van der Waals surface area contributed by atoms with Crippen molar-refractivity contribution in [1.29, 1.82) is 0 Å². The van der Waals surface area contributed by atoms with Crippen LogP contribution in [0.4, 0.5) is 0 Å². The highest BCUT2D eigenvalue weighted by atomic mass is 32.2.